The molecule has 0 atom stereocenters. The molecule has 0 saturated carbocycles. The monoisotopic (exact) mass is 361 g/mol. The number of carbonyl (C=O) groups excluding carboxylic acids is 1. The maximum Gasteiger partial charge on any atom is 0.355 e. The molecule has 1 saturated heterocycles. The molecule has 0 radical (unpaired) electrons. The van der Waals surface area contributed by atoms with Crippen LogP contribution in [0.3, 0.4) is 0 Å². The number of esters is 1. The van der Waals surface area contributed by atoms with Crippen LogP contribution in [-0.4, -0.2) is 47.4 Å². The lowest BCUT2D eigenvalue weighted by Crippen LogP contribution is -2.37. The number of anilines is 2. The molecule has 1 fully saturated rings. The molecule has 0 aliphatic carbocycles. The third-order valence-electron chi connectivity index (χ3n) is 4.46. The highest BCUT2D eigenvalue weighted by Crippen LogP contribution is 2.35. The maximum atomic E-state index is 12.8. The van der Waals surface area contributed by atoms with Crippen molar-refractivity contribution in [3.8, 4) is 0 Å². The summed E-state index contributed by atoms with van der Waals surface area (Å²) >= 11 is 0. The van der Waals surface area contributed by atoms with Crippen molar-refractivity contribution >= 4 is 28.5 Å². The lowest BCUT2D eigenvalue weighted by atomic mass is 10.1. The van der Waals surface area contributed by atoms with E-state index in [0.717, 1.165) is 35.4 Å². The number of nitrogen functional groups attached to an aromatic ring is 1. The second-order valence-corrected chi connectivity index (χ2v) is 7.50. The second-order valence-electron chi connectivity index (χ2n) is 7.50. The van der Waals surface area contributed by atoms with E-state index in [0.29, 0.717) is 24.7 Å². The second kappa shape index (κ2) is 6.77. The van der Waals surface area contributed by atoms with Gasteiger partial charge in [0.15, 0.2) is 0 Å². The minimum absolute atomic E-state index is 0.344. The van der Waals surface area contributed by atoms with Crippen LogP contribution in [0.5, 0.6) is 0 Å². The van der Waals surface area contributed by atoms with Crippen LogP contribution in [0.25, 0.3) is 10.9 Å². The molecule has 0 spiro atoms. The van der Waals surface area contributed by atoms with Crippen molar-refractivity contribution in [3.05, 3.63) is 17.3 Å². The minimum Gasteiger partial charge on any atom is -0.455 e. The molecule has 142 valence electrons. The Bertz CT molecular complexity index is 832. The number of nitrogens with zero attached hydrogens (tertiary/aromatic N) is 3. The Morgan fingerprint density at radius 1 is 1.35 bits per heavy atom. The quantitative estimate of drug-likeness (QED) is 0.490. The van der Waals surface area contributed by atoms with Crippen LogP contribution in [0.4, 0.5) is 11.6 Å². The molecular formula is C18H27N5O3. The number of hydrazine groups is 1. The molecule has 2 aromatic heterocycles. The third kappa shape index (κ3) is 3.34. The van der Waals surface area contributed by atoms with Gasteiger partial charge in [0.25, 0.3) is 0 Å². The van der Waals surface area contributed by atoms with E-state index in [2.05, 4.69) is 15.3 Å². The molecule has 2 aromatic rings. The van der Waals surface area contributed by atoms with Crippen molar-refractivity contribution in [2.45, 2.75) is 33.3 Å². The van der Waals surface area contributed by atoms with Crippen LogP contribution in [0, 0.1) is 6.92 Å². The average Bonchev–Trinajstić information content (AvgIpc) is 2.84. The fourth-order valence-corrected chi connectivity index (χ4v) is 3.33. The molecule has 0 aromatic carbocycles. The van der Waals surface area contributed by atoms with Gasteiger partial charge in [-0.25, -0.2) is 15.6 Å². The van der Waals surface area contributed by atoms with Crippen molar-refractivity contribution in [2.75, 3.05) is 36.6 Å². The molecule has 0 amide bonds. The minimum atomic E-state index is -0.560. The van der Waals surface area contributed by atoms with Crippen molar-refractivity contribution in [3.63, 3.8) is 0 Å². The number of fused-ring (bicyclic) bond motifs is 1. The predicted octanol–water partition coefficient (Wildman–Crippen LogP) is 1.96. The van der Waals surface area contributed by atoms with Crippen molar-refractivity contribution < 1.29 is 14.3 Å². The number of pyridine rings is 1. The number of aromatic nitrogens is 2. The summed E-state index contributed by atoms with van der Waals surface area (Å²) in [7, 11) is 1.86. The molecule has 0 unspecified atom stereocenters. The first-order valence-corrected chi connectivity index (χ1v) is 8.75. The van der Waals surface area contributed by atoms with Crippen LogP contribution >= 0.6 is 0 Å². The third-order valence-corrected chi connectivity index (χ3v) is 4.46. The van der Waals surface area contributed by atoms with E-state index in [-0.39, 0.29) is 5.97 Å². The standard InChI is InChI=1S/C18H27N5O3/c1-11-14-12(22(5)15(11)17(24)26-18(2,3)4)10-13(21-19)20-16(14)23-6-8-25-9-7-23/h10H,6-9,19H2,1-5H3,(H,20,21). The smallest absolute Gasteiger partial charge is 0.355 e. The number of morpholine rings is 1. The van der Waals surface area contributed by atoms with Gasteiger partial charge in [-0.1, -0.05) is 0 Å². The molecular weight excluding hydrogens is 334 g/mol. The van der Waals surface area contributed by atoms with Gasteiger partial charge < -0.3 is 24.4 Å². The molecule has 3 N–H and O–H groups in total. The number of carbonyl (C=O) groups is 1. The van der Waals surface area contributed by atoms with Crippen molar-refractivity contribution in [2.24, 2.45) is 12.9 Å². The highest BCUT2D eigenvalue weighted by Gasteiger charge is 2.28. The molecule has 0 bridgehead atoms. The van der Waals surface area contributed by atoms with E-state index in [4.69, 9.17) is 15.3 Å². The van der Waals surface area contributed by atoms with E-state index < -0.39 is 5.60 Å². The van der Waals surface area contributed by atoms with Gasteiger partial charge in [0.05, 0.1) is 18.7 Å². The number of aryl methyl sites for hydroxylation is 2. The summed E-state index contributed by atoms with van der Waals surface area (Å²) in [5, 5.41) is 0.939. The summed E-state index contributed by atoms with van der Waals surface area (Å²) in [6.45, 7) is 10.3. The Kier molecular flexibility index (Phi) is 4.81. The molecule has 1 aliphatic rings. The SMILES string of the molecule is Cc1c(C(=O)OC(C)(C)C)n(C)c2cc(NN)nc(N3CCOCC3)c12. The van der Waals surface area contributed by atoms with Gasteiger partial charge in [-0.2, -0.15) is 0 Å². The zero-order chi connectivity index (χ0) is 19.1. The largest absolute Gasteiger partial charge is 0.455 e. The Hall–Kier alpha value is -2.32. The Morgan fingerprint density at radius 3 is 2.58 bits per heavy atom. The fraction of sp³-hybridized carbons (Fsp3) is 0.556. The van der Waals surface area contributed by atoms with Gasteiger partial charge in [0.1, 0.15) is 22.9 Å². The number of rotatable bonds is 3. The Labute approximate surface area is 153 Å². The fourth-order valence-electron chi connectivity index (χ4n) is 3.33. The molecule has 8 heteroatoms. The molecule has 3 heterocycles. The Balaban J connectivity index is 2.19. The lowest BCUT2D eigenvalue weighted by Gasteiger charge is -2.29. The summed E-state index contributed by atoms with van der Waals surface area (Å²) in [6, 6.07) is 1.85. The van der Waals surface area contributed by atoms with Gasteiger partial charge in [-0.15, -0.1) is 0 Å². The van der Waals surface area contributed by atoms with Crippen LogP contribution in [0.2, 0.25) is 0 Å². The Morgan fingerprint density at radius 2 is 2.00 bits per heavy atom. The van der Waals surface area contributed by atoms with E-state index in [9.17, 15) is 4.79 Å². The van der Waals surface area contributed by atoms with Crippen LogP contribution in [0.15, 0.2) is 6.07 Å². The van der Waals surface area contributed by atoms with E-state index >= 15 is 0 Å². The van der Waals surface area contributed by atoms with Gasteiger partial charge in [0.2, 0.25) is 0 Å². The highest BCUT2D eigenvalue weighted by atomic mass is 16.6. The summed E-state index contributed by atoms with van der Waals surface area (Å²) < 4.78 is 12.9. The highest BCUT2D eigenvalue weighted by molar-refractivity contribution is 6.04. The van der Waals surface area contributed by atoms with E-state index in [1.165, 1.54) is 0 Å². The van der Waals surface area contributed by atoms with E-state index in [1.54, 1.807) is 0 Å². The van der Waals surface area contributed by atoms with Crippen LogP contribution < -0.4 is 16.2 Å². The van der Waals surface area contributed by atoms with E-state index in [1.807, 2.05) is 45.4 Å². The summed E-state index contributed by atoms with van der Waals surface area (Å²) in [4.78, 5) is 19.6. The number of ether oxygens (including phenoxy) is 2. The van der Waals surface area contributed by atoms with Gasteiger partial charge in [-0.05, 0) is 33.3 Å². The summed E-state index contributed by atoms with van der Waals surface area (Å²) in [6.07, 6.45) is 0. The molecule has 1 aliphatic heterocycles. The molecule has 8 nitrogen and oxygen atoms in total. The first-order chi connectivity index (χ1) is 12.2. The predicted molar refractivity (Wildman–Crippen MR) is 101 cm³/mol. The topological polar surface area (TPSA) is 94.6 Å². The van der Waals surface area contributed by atoms with Crippen LogP contribution in [0.1, 0.15) is 36.8 Å². The van der Waals surface area contributed by atoms with Gasteiger partial charge in [-0.3, -0.25) is 0 Å². The maximum absolute atomic E-state index is 12.8. The number of hydrogen-bond donors (Lipinski definition) is 2. The van der Waals surface area contributed by atoms with Crippen LogP contribution in [-0.2, 0) is 16.5 Å². The summed E-state index contributed by atoms with van der Waals surface area (Å²) in [5.41, 5.74) is 4.33. The zero-order valence-electron chi connectivity index (χ0n) is 16.0. The molecule has 3 rings (SSSR count). The first kappa shape index (κ1) is 18.5. The molecule has 26 heavy (non-hydrogen) atoms. The van der Waals surface area contributed by atoms with Gasteiger partial charge >= 0.3 is 5.97 Å². The lowest BCUT2D eigenvalue weighted by molar-refractivity contribution is 0.00587. The number of nitrogens with two attached hydrogens (primary N) is 1. The first-order valence-electron chi connectivity index (χ1n) is 8.75. The zero-order valence-corrected chi connectivity index (χ0v) is 16.0. The summed E-state index contributed by atoms with van der Waals surface area (Å²) in [5.74, 6) is 6.64. The van der Waals surface area contributed by atoms with Crippen molar-refractivity contribution in [1.82, 2.24) is 9.55 Å². The average molecular weight is 361 g/mol. The number of hydrogen-bond acceptors (Lipinski definition) is 7. The number of nitrogens with one attached hydrogen (secondary N) is 1. The van der Waals surface area contributed by atoms with Gasteiger partial charge in [0, 0.05) is 31.6 Å². The normalized spacial score (nSPS) is 15.4. The van der Waals surface area contributed by atoms with Crippen molar-refractivity contribution in [1.29, 1.82) is 0 Å².